The van der Waals surface area contributed by atoms with E-state index in [0.29, 0.717) is 29.1 Å². The van der Waals surface area contributed by atoms with E-state index in [1.54, 1.807) is 46.2 Å². The molecule has 0 bridgehead atoms. The van der Waals surface area contributed by atoms with Gasteiger partial charge in [0.15, 0.2) is 0 Å². The minimum atomic E-state index is -0.985. The molecule has 2 aliphatic rings. The van der Waals surface area contributed by atoms with Gasteiger partial charge in [-0.3, -0.25) is 14.6 Å². The summed E-state index contributed by atoms with van der Waals surface area (Å²) in [6.45, 7) is 18.6. The number of aromatic nitrogens is 1. The molecule has 1 saturated carbocycles. The van der Waals surface area contributed by atoms with Gasteiger partial charge in [-0.05, 0) is 50.8 Å². The molecule has 1 aromatic heterocycles. The zero-order valence-electron chi connectivity index (χ0n) is 26.7. The zero-order valence-corrected chi connectivity index (χ0v) is 26.7. The van der Waals surface area contributed by atoms with Crippen molar-refractivity contribution in [3.8, 4) is 11.5 Å². The van der Waals surface area contributed by atoms with Crippen LogP contribution in [-0.4, -0.2) is 70.8 Å². The topological polar surface area (TPSA) is 145 Å². The van der Waals surface area contributed by atoms with Crippen LogP contribution in [0.2, 0.25) is 0 Å². The van der Waals surface area contributed by atoms with E-state index in [0.717, 1.165) is 5.39 Å². The van der Waals surface area contributed by atoms with E-state index in [4.69, 9.17) is 19.9 Å². The van der Waals surface area contributed by atoms with Crippen LogP contribution < -0.4 is 25.8 Å². The first-order chi connectivity index (χ1) is 20.5. The van der Waals surface area contributed by atoms with Crippen LogP contribution in [0.1, 0.15) is 60.1 Å². The molecule has 1 saturated heterocycles. The van der Waals surface area contributed by atoms with E-state index in [1.807, 2.05) is 39.0 Å². The van der Waals surface area contributed by atoms with Crippen molar-refractivity contribution in [3.05, 3.63) is 55.4 Å². The van der Waals surface area contributed by atoms with Crippen molar-refractivity contribution in [2.75, 3.05) is 13.7 Å². The number of pyridine rings is 1. The maximum absolute atomic E-state index is 14.3. The first kappa shape index (κ1) is 32.6. The summed E-state index contributed by atoms with van der Waals surface area (Å²) in [4.78, 5) is 46.9. The number of benzene rings is 1. The molecule has 5 atom stereocenters. The van der Waals surface area contributed by atoms with Crippen LogP contribution in [-0.2, 0) is 14.3 Å². The summed E-state index contributed by atoms with van der Waals surface area (Å²) in [6.07, 6.45) is 2.92. The second kappa shape index (κ2) is 12.0. The summed E-state index contributed by atoms with van der Waals surface area (Å²) in [7, 11) is 1.59. The number of fused-ring (bicyclic) bond motifs is 1. The molecule has 1 aromatic carbocycles. The first-order valence-electron chi connectivity index (χ1n) is 14.8. The lowest BCUT2D eigenvalue weighted by Crippen LogP contribution is -2.59. The molecule has 0 radical (unpaired) electrons. The fourth-order valence-corrected chi connectivity index (χ4v) is 5.59. The highest BCUT2D eigenvalue weighted by Gasteiger charge is 2.57. The standard InChI is InChI=1S/C33H45N5O6.4H2/c1-10-20-17-33(20,19(2)34)37-28(39)25-16-22(43-26-13-14-35-24-15-21(42-9)11-12-23(24)26)18-38(25)29(40)27(31(3,4)5)36-30(41)44-32(6,7)8;;;;/h10-15,20,22,25,27H,1-2,16-18,34H2,3-9H3,(H,36,41)(H,37,39);4*1H/t20-,22-,25+,27-,33+;;;;/m1..../s1. The smallest absolute Gasteiger partial charge is 0.408 e. The maximum atomic E-state index is 14.3. The molecule has 0 unspecified atom stereocenters. The molecule has 11 heteroatoms. The Balaban J connectivity index is 0.00000552. The zero-order chi connectivity index (χ0) is 32.6. The lowest BCUT2D eigenvalue weighted by atomic mass is 9.85. The molecular weight excluding hydrogens is 562 g/mol. The number of nitrogens with two attached hydrogens (primary N) is 1. The van der Waals surface area contributed by atoms with E-state index in [-0.39, 0.29) is 30.5 Å². The van der Waals surface area contributed by atoms with Gasteiger partial charge in [-0.25, -0.2) is 4.79 Å². The number of likely N-dealkylation sites (tertiary alicyclic amines) is 1. The Morgan fingerprint density at radius 3 is 2.48 bits per heavy atom. The van der Waals surface area contributed by atoms with Gasteiger partial charge in [0.05, 0.1) is 24.7 Å². The van der Waals surface area contributed by atoms with Crippen molar-refractivity contribution in [3.63, 3.8) is 0 Å². The predicted molar refractivity (Wildman–Crippen MR) is 176 cm³/mol. The molecule has 1 aliphatic carbocycles. The molecule has 2 fully saturated rings. The Kier molecular flexibility index (Phi) is 8.91. The number of rotatable bonds is 9. The third kappa shape index (κ3) is 6.92. The van der Waals surface area contributed by atoms with Crippen molar-refractivity contribution >= 4 is 28.8 Å². The Morgan fingerprint density at radius 2 is 1.91 bits per heavy atom. The molecule has 246 valence electrons. The molecule has 3 amide bonds. The lowest BCUT2D eigenvalue weighted by molar-refractivity contribution is -0.142. The number of alkyl carbamates (subject to hydrolysis) is 1. The van der Waals surface area contributed by atoms with Gasteiger partial charge in [-0.1, -0.05) is 33.4 Å². The van der Waals surface area contributed by atoms with Crippen molar-refractivity contribution < 1.29 is 34.3 Å². The largest absolute Gasteiger partial charge is 0.497 e. The fourth-order valence-electron chi connectivity index (χ4n) is 5.59. The van der Waals surface area contributed by atoms with Gasteiger partial charge >= 0.3 is 6.09 Å². The highest BCUT2D eigenvalue weighted by atomic mass is 16.6. The quantitative estimate of drug-likeness (QED) is 0.333. The average Bonchev–Trinajstić information content (AvgIpc) is 3.49. The van der Waals surface area contributed by atoms with Crippen LogP contribution in [0, 0.1) is 11.3 Å². The number of ether oxygens (including phenoxy) is 3. The highest BCUT2D eigenvalue weighted by molar-refractivity contribution is 5.93. The van der Waals surface area contributed by atoms with Crippen molar-refractivity contribution in [1.29, 1.82) is 0 Å². The van der Waals surface area contributed by atoms with E-state index in [2.05, 4.69) is 28.8 Å². The average molecular weight is 616 g/mol. The van der Waals surface area contributed by atoms with Crippen LogP contribution in [0.4, 0.5) is 4.79 Å². The SMILES string of the molecule is C=C[C@@H]1C[C@]1(NC(=O)[C@@H]1C[C@@H](Oc2ccnc3cc(OC)ccc23)CN1C(=O)[C@@H](NC(=O)OC(C)(C)C)C(C)(C)C)C(=C)N.[HH].[HH].[HH].[HH]. The van der Waals surface area contributed by atoms with Crippen LogP contribution in [0.25, 0.3) is 10.9 Å². The van der Waals surface area contributed by atoms with Crippen LogP contribution in [0.5, 0.6) is 11.5 Å². The third-order valence-electron chi connectivity index (χ3n) is 8.04. The van der Waals surface area contributed by atoms with Crippen molar-refractivity contribution in [2.45, 2.75) is 83.7 Å². The molecule has 11 nitrogen and oxygen atoms in total. The second-order valence-corrected chi connectivity index (χ2v) is 13.7. The molecule has 4 rings (SSSR count). The molecule has 1 aliphatic heterocycles. The number of nitrogens with one attached hydrogen (secondary N) is 2. The Hall–Kier alpha value is -4.28. The molecule has 4 N–H and O–H groups in total. The van der Waals surface area contributed by atoms with E-state index < -0.39 is 46.7 Å². The summed E-state index contributed by atoms with van der Waals surface area (Å²) in [6, 6.07) is 5.36. The van der Waals surface area contributed by atoms with Gasteiger partial charge < -0.3 is 35.5 Å². The highest BCUT2D eigenvalue weighted by Crippen LogP contribution is 2.48. The first-order valence-corrected chi connectivity index (χ1v) is 14.8. The van der Waals surface area contributed by atoms with Crippen LogP contribution in [0.15, 0.2) is 55.4 Å². The minimum Gasteiger partial charge on any atom is -0.497 e. The summed E-state index contributed by atoms with van der Waals surface area (Å²) >= 11 is 0. The summed E-state index contributed by atoms with van der Waals surface area (Å²) in [5, 5.41) is 6.57. The van der Waals surface area contributed by atoms with Gasteiger partial charge in [-0.2, -0.15) is 0 Å². The monoisotopic (exact) mass is 615 g/mol. The van der Waals surface area contributed by atoms with Crippen LogP contribution in [0.3, 0.4) is 0 Å². The summed E-state index contributed by atoms with van der Waals surface area (Å²) in [5.41, 5.74) is 4.86. The van der Waals surface area contributed by atoms with Gasteiger partial charge in [0.2, 0.25) is 11.8 Å². The molecular formula is C33H53N5O6. The molecule has 0 spiro atoms. The van der Waals surface area contributed by atoms with Gasteiger partial charge in [0.25, 0.3) is 0 Å². The Bertz CT molecular complexity index is 1480. The maximum Gasteiger partial charge on any atom is 0.408 e. The Labute approximate surface area is 265 Å². The second-order valence-electron chi connectivity index (χ2n) is 13.7. The number of carbonyl (C=O) groups excluding carboxylic acids is 3. The van der Waals surface area contributed by atoms with E-state index in [9.17, 15) is 14.4 Å². The van der Waals surface area contributed by atoms with E-state index >= 15 is 0 Å². The number of hydrogen-bond acceptors (Lipinski definition) is 8. The summed E-state index contributed by atoms with van der Waals surface area (Å²) in [5.74, 6) is 0.370. The molecule has 44 heavy (non-hydrogen) atoms. The number of hydrogen-bond donors (Lipinski definition) is 3. The molecule has 2 heterocycles. The molecule has 2 aromatic rings. The number of methoxy groups -OCH3 is 1. The number of amides is 3. The normalized spacial score (nSPS) is 23.8. The lowest BCUT2D eigenvalue weighted by Gasteiger charge is -2.36. The number of nitrogens with zero attached hydrogens (tertiary/aromatic N) is 2. The fraction of sp³-hybridized carbons (Fsp3) is 0.515. The van der Waals surface area contributed by atoms with Gasteiger partial charge in [-0.15, -0.1) is 6.58 Å². The van der Waals surface area contributed by atoms with Gasteiger partial charge in [0.1, 0.15) is 35.3 Å². The summed E-state index contributed by atoms with van der Waals surface area (Å²) < 4.78 is 17.2. The Morgan fingerprint density at radius 1 is 1.20 bits per heavy atom. The van der Waals surface area contributed by atoms with Crippen molar-refractivity contribution in [1.82, 2.24) is 20.5 Å². The number of carbonyl (C=O) groups is 3. The van der Waals surface area contributed by atoms with E-state index in [1.165, 1.54) is 4.90 Å². The van der Waals surface area contributed by atoms with Gasteiger partial charge in [0, 0.05) is 41.4 Å². The predicted octanol–water partition coefficient (Wildman–Crippen LogP) is 5.05. The third-order valence-corrected chi connectivity index (χ3v) is 8.04. The van der Waals surface area contributed by atoms with Crippen LogP contribution >= 0.6 is 0 Å². The van der Waals surface area contributed by atoms with Crippen molar-refractivity contribution in [2.24, 2.45) is 17.1 Å². The minimum absolute atomic E-state index is 0.